The molecule has 0 aliphatic heterocycles. The highest BCUT2D eigenvalue weighted by Gasteiger charge is 2.07. The van der Waals surface area contributed by atoms with E-state index in [0.29, 0.717) is 23.2 Å². The van der Waals surface area contributed by atoms with Crippen molar-refractivity contribution in [1.82, 2.24) is 9.78 Å². The standard InChI is InChI=1S/C13H15BrN4O/c1-18-13(19)12(14)11(8-17-18)16-7-10-5-3-2-4-9(10)6-15/h2-5,8,16H,6-7,15H2,1H3. The van der Waals surface area contributed by atoms with Crippen molar-refractivity contribution in [3.8, 4) is 0 Å². The van der Waals surface area contributed by atoms with E-state index in [2.05, 4.69) is 26.3 Å². The number of aromatic nitrogens is 2. The molecule has 6 heteroatoms. The average molecular weight is 323 g/mol. The number of aryl methyl sites for hydroxylation is 1. The average Bonchev–Trinajstić information content (AvgIpc) is 2.44. The summed E-state index contributed by atoms with van der Waals surface area (Å²) in [5.74, 6) is 0. The second-order valence-electron chi connectivity index (χ2n) is 4.13. The summed E-state index contributed by atoms with van der Waals surface area (Å²) < 4.78 is 1.76. The van der Waals surface area contributed by atoms with E-state index in [1.165, 1.54) is 4.68 Å². The van der Waals surface area contributed by atoms with Gasteiger partial charge in [0.05, 0.1) is 11.9 Å². The topological polar surface area (TPSA) is 72.9 Å². The highest BCUT2D eigenvalue weighted by atomic mass is 79.9. The van der Waals surface area contributed by atoms with Crippen LogP contribution >= 0.6 is 15.9 Å². The molecule has 0 amide bonds. The van der Waals surface area contributed by atoms with E-state index < -0.39 is 0 Å². The number of hydrogen-bond donors (Lipinski definition) is 2. The summed E-state index contributed by atoms with van der Waals surface area (Å²) in [6.45, 7) is 1.09. The normalized spacial score (nSPS) is 10.5. The Hall–Kier alpha value is -1.66. The van der Waals surface area contributed by atoms with Crippen molar-refractivity contribution in [3.63, 3.8) is 0 Å². The lowest BCUT2D eigenvalue weighted by Gasteiger charge is -2.11. The van der Waals surface area contributed by atoms with Crippen molar-refractivity contribution in [1.29, 1.82) is 0 Å². The summed E-state index contributed by atoms with van der Waals surface area (Å²) in [5.41, 5.74) is 8.39. The van der Waals surface area contributed by atoms with Crippen LogP contribution in [0.3, 0.4) is 0 Å². The summed E-state index contributed by atoms with van der Waals surface area (Å²) in [4.78, 5) is 11.7. The molecule has 0 aliphatic rings. The van der Waals surface area contributed by atoms with Gasteiger partial charge in [0.15, 0.2) is 0 Å². The van der Waals surface area contributed by atoms with Crippen molar-refractivity contribution in [2.24, 2.45) is 12.8 Å². The van der Waals surface area contributed by atoms with Crippen molar-refractivity contribution >= 4 is 21.6 Å². The van der Waals surface area contributed by atoms with E-state index >= 15 is 0 Å². The van der Waals surface area contributed by atoms with Gasteiger partial charge in [-0.3, -0.25) is 4.79 Å². The zero-order chi connectivity index (χ0) is 13.8. The van der Waals surface area contributed by atoms with E-state index in [1.807, 2.05) is 24.3 Å². The molecule has 0 unspecified atom stereocenters. The third kappa shape index (κ3) is 3.02. The van der Waals surface area contributed by atoms with Gasteiger partial charge in [0, 0.05) is 20.1 Å². The molecule has 1 aromatic carbocycles. The molecule has 5 nitrogen and oxygen atoms in total. The molecule has 0 aliphatic carbocycles. The monoisotopic (exact) mass is 322 g/mol. The number of halogens is 1. The van der Waals surface area contributed by atoms with Gasteiger partial charge in [0.1, 0.15) is 4.47 Å². The highest BCUT2D eigenvalue weighted by Crippen LogP contribution is 2.18. The van der Waals surface area contributed by atoms with Crippen LogP contribution in [0.15, 0.2) is 39.7 Å². The lowest BCUT2D eigenvalue weighted by atomic mass is 10.1. The smallest absolute Gasteiger partial charge is 0.282 e. The maximum atomic E-state index is 11.7. The Bertz CT molecular complexity index is 639. The molecule has 2 aromatic rings. The molecule has 2 rings (SSSR count). The number of hydrogen-bond acceptors (Lipinski definition) is 4. The fraction of sp³-hybridized carbons (Fsp3) is 0.231. The van der Waals surface area contributed by atoms with Crippen LogP contribution in [0.4, 0.5) is 5.69 Å². The van der Waals surface area contributed by atoms with Crippen LogP contribution in [0.1, 0.15) is 11.1 Å². The molecule has 0 atom stereocenters. The predicted molar refractivity (Wildman–Crippen MR) is 78.8 cm³/mol. The first-order valence-electron chi connectivity index (χ1n) is 5.86. The first-order chi connectivity index (χ1) is 9.13. The number of rotatable bonds is 4. The summed E-state index contributed by atoms with van der Waals surface area (Å²) in [7, 11) is 1.61. The zero-order valence-corrected chi connectivity index (χ0v) is 12.1. The Morgan fingerprint density at radius 2 is 2.05 bits per heavy atom. The van der Waals surface area contributed by atoms with Gasteiger partial charge in [-0.1, -0.05) is 24.3 Å². The van der Waals surface area contributed by atoms with Gasteiger partial charge in [-0.15, -0.1) is 0 Å². The van der Waals surface area contributed by atoms with Crippen LogP contribution in [0.2, 0.25) is 0 Å². The SMILES string of the molecule is Cn1ncc(NCc2ccccc2CN)c(Br)c1=O. The fourth-order valence-corrected chi connectivity index (χ4v) is 2.25. The molecular weight excluding hydrogens is 308 g/mol. The Kier molecular flexibility index (Phi) is 4.34. The molecule has 0 saturated carbocycles. The zero-order valence-electron chi connectivity index (χ0n) is 10.6. The van der Waals surface area contributed by atoms with Gasteiger partial charge < -0.3 is 11.1 Å². The molecule has 100 valence electrons. The fourth-order valence-electron chi connectivity index (χ4n) is 1.75. The summed E-state index contributed by atoms with van der Waals surface area (Å²) in [6, 6.07) is 7.93. The maximum absolute atomic E-state index is 11.7. The Labute approximate surface area is 119 Å². The van der Waals surface area contributed by atoms with Crippen molar-refractivity contribution in [2.75, 3.05) is 5.32 Å². The number of anilines is 1. The largest absolute Gasteiger partial charge is 0.379 e. The van der Waals surface area contributed by atoms with Gasteiger partial charge >= 0.3 is 0 Å². The third-order valence-electron chi connectivity index (χ3n) is 2.89. The van der Waals surface area contributed by atoms with Gasteiger partial charge in [-0.2, -0.15) is 5.10 Å². The molecule has 0 fully saturated rings. The van der Waals surface area contributed by atoms with Crippen molar-refractivity contribution in [2.45, 2.75) is 13.1 Å². The Balaban J connectivity index is 2.19. The van der Waals surface area contributed by atoms with E-state index in [4.69, 9.17) is 5.73 Å². The second-order valence-corrected chi connectivity index (χ2v) is 4.92. The van der Waals surface area contributed by atoms with Crippen LogP contribution in [-0.2, 0) is 20.1 Å². The van der Waals surface area contributed by atoms with Crippen LogP contribution in [-0.4, -0.2) is 9.78 Å². The van der Waals surface area contributed by atoms with Gasteiger partial charge in [-0.25, -0.2) is 4.68 Å². The van der Waals surface area contributed by atoms with E-state index in [1.54, 1.807) is 13.2 Å². The number of nitrogens with one attached hydrogen (secondary N) is 1. The van der Waals surface area contributed by atoms with E-state index in [9.17, 15) is 4.79 Å². The van der Waals surface area contributed by atoms with Crippen molar-refractivity contribution in [3.05, 3.63) is 56.4 Å². The number of nitrogens with zero attached hydrogens (tertiary/aromatic N) is 2. The van der Waals surface area contributed by atoms with Crippen LogP contribution in [0, 0.1) is 0 Å². The molecule has 1 aromatic heterocycles. The minimum atomic E-state index is -0.169. The lowest BCUT2D eigenvalue weighted by molar-refractivity contribution is 0.703. The Morgan fingerprint density at radius 3 is 2.74 bits per heavy atom. The number of benzene rings is 1. The summed E-state index contributed by atoms with van der Waals surface area (Å²) in [5, 5.41) is 7.18. The molecule has 0 spiro atoms. The van der Waals surface area contributed by atoms with Crippen molar-refractivity contribution < 1.29 is 0 Å². The number of nitrogens with two attached hydrogens (primary N) is 1. The minimum absolute atomic E-state index is 0.169. The molecular formula is C13H15BrN4O. The van der Waals surface area contributed by atoms with Gasteiger partial charge in [0.25, 0.3) is 5.56 Å². The molecule has 0 saturated heterocycles. The van der Waals surface area contributed by atoms with Gasteiger partial charge in [-0.05, 0) is 27.1 Å². The van der Waals surface area contributed by atoms with Gasteiger partial charge in [0.2, 0.25) is 0 Å². The van der Waals surface area contributed by atoms with E-state index in [-0.39, 0.29) is 5.56 Å². The Morgan fingerprint density at radius 1 is 1.37 bits per heavy atom. The van der Waals surface area contributed by atoms with Crippen LogP contribution in [0.25, 0.3) is 0 Å². The molecule has 0 radical (unpaired) electrons. The first kappa shape index (κ1) is 13.8. The quantitative estimate of drug-likeness (QED) is 0.897. The van der Waals surface area contributed by atoms with E-state index in [0.717, 1.165) is 11.1 Å². The minimum Gasteiger partial charge on any atom is -0.379 e. The third-order valence-corrected chi connectivity index (χ3v) is 3.65. The molecule has 1 heterocycles. The van der Waals surface area contributed by atoms with Crippen LogP contribution < -0.4 is 16.6 Å². The summed E-state index contributed by atoms with van der Waals surface area (Å²) in [6.07, 6.45) is 1.62. The highest BCUT2D eigenvalue weighted by molar-refractivity contribution is 9.10. The maximum Gasteiger partial charge on any atom is 0.282 e. The molecule has 19 heavy (non-hydrogen) atoms. The van der Waals surface area contributed by atoms with Crippen LogP contribution in [0.5, 0.6) is 0 Å². The molecule has 0 bridgehead atoms. The molecule has 3 N–H and O–H groups in total. The second kappa shape index (κ2) is 5.99. The summed E-state index contributed by atoms with van der Waals surface area (Å²) >= 11 is 3.28. The lowest BCUT2D eigenvalue weighted by Crippen LogP contribution is -2.21. The first-order valence-corrected chi connectivity index (χ1v) is 6.65. The predicted octanol–water partition coefficient (Wildman–Crippen LogP) is 1.61.